The molecule has 0 aromatic heterocycles. The molecule has 0 radical (unpaired) electrons. The van der Waals surface area contributed by atoms with Gasteiger partial charge < -0.3 is 15.3 Å². The van der Waals surface area contributed by atoms with E-state index in [1.54, 1.807) is 18.2 Å². The average Bonchev–Trinajstić information content (AvgIpc) is 2.46. The Morgan fingerprint density at radius 2 is 2.19 bits per heavy atom. The summed E-state index contributed by atoms with van der Waals surface area (Å²) >= 11 is 6.04. The summed E-state index contributed by atoms with van der Waals surface area (Å²) in [7, 11) is 0. The van der Waals surface area contributed by atoms with Gasteiger partial charge in [0.05, 0.1) is 10.7 Å². The van der Waals surface area contributed by atoms with E-state index in [1.165, 1.54) is 0 Å². The summed E-state index contributed by atoms with van der Waals surface area (Å²) in [5, 5.41) is 12.7. The first-order valence-corrected chi connectivity index (χ1v) is 7.50. The zero-order valence-corrected chi connectivity index (χ0v) is 12.3. The normalized spacial score (nSPS) is 25.2. The van der Waals surface area contributed by atoms with Gasteiger partial charge in [0.2, 0.25) is 5.91 Å². The minimum Gasteiger partial charge on any atom is -0.478 e. The van der Waals surface area contributed by atoms with Crippen molar-refractivity contribution >= 4 is 29.2 Å². The number of aromatic carboxylic acids is 1. The number of nitrogens with zero attached hydrogens (tertiary/aromatic N) is 1. The maximum absolute atomic E-state index is 11.4. The monoisotopic (exact) mass is 308 g/mol. The number of carbonyl (C=O) groups is 2. The van der Waals surface area contributed by atoms with Crippen LogP contribution in [0.4, 0.5) is 5.69 Å². The third kappa shape index (κ3) is 2.70. The molecule has 21 heavy (non-hydrogen) atoms. The number of benzene rings is 1. The zero-order valence-electron chi connectivity index (χ0n) is 11.5. The molecule has 2 N–H and O–H groups in total. The molecule has 1 aromatic carbocycles. The number of piperidine rings is 2. The molecule has 1 aromatic rings. The summed E-state index contributed by atoms with van der Waals surface area (Å²) in [4.78, 5) is 25.0. The van der Waals surface area contributed by atoms with E-state index in [0.29, 0.717) is 18.0 Å². The van der Waals surface area contributed by atoms with E-state index < -0.39 is 5.97 Å². The van der Waals surface area contributed by atoms with Gasteiger partial charge in [-0.3, -0.25) is 4.79 Å². The minimum absolute atomic E-state index is 0.124. The fourth-order valence-corrected chi connectivity index (χ4v) is 3.57. The van der Waals surface area contributed by atoms with Crippen LogP contribution in [-0.2, 0) is 4.79 Å². The molecule has 6 heteroatoms. The molecule has 0 saturated carbocycles. The summed E-state index contributed by atoms with van der Waals surface area (Å²) in [6, 6.07) is 5.40. The molecule has 112 valence electrons. The highest BCUT2D eigenvalue weighted by atomic mass is 35.5. The second-order valence-electron chi connectivity index (χ2n) is 5.65. The maximum atomic E-state index is 11.4. The molecule has 2 saturated heterocycles. The first kappa shape index (κ1) is 14.2. The van der Waals surface area contributed by atoms with Crippen LogP contribution in [-0.4, -0.2) is 36.1 Å². The number of fused-ring (bicyclic) bond motifs is 1. The van der Waals surface area contributed by atoms with Crippen LogP contribution in [0.1, 0.15) is 29.6 Å². The molecule has 0 bridgehead atoms. The molecule has 2 fully saturated rings. The van der Waals surface area contributed by atoms with E-state index >= 15 is 0 Å². The van der Waals surface area contributed by atoms with Crippen molar-refractivity contribution in [3.63, 3.8) is 0 Å². The molecule has 2 atom stereocenters. The number of hydrogen-bond donors (Lipinski definition) is 2. The Bertz CT molecular complexity index is 590. The van der Waals surface area contributed by atoms with Crippen molar-refractivity contribution in [2.45, 2.75) is 25.3 Å². The van der Waals surface area contributed by atoms with Crippen LogP contribution in [0, 0.1) is 5.92 Å². The van der Waals surface area contributed by atoms with Crippen molar-refractivity contribution < 1.29 is 14.7 Å². The molecule has 0 spiro atoms. The first-order valence-electron chi connectivity index (χ1n) is 7.12. The van der Waals surface area contributed by atoms with Crippen LogP contribution in [0.2, 0.25) is 5.02 Å². The lowest BCUT2D eigenvalue weighted by atomic mass is 9.85. The number of hydrogen-bond acceptors (Lipinski definition) is 3. The Morgan fingerprint density at radius 3 is 2.95 bits per heavy atom. The van der Waals surface area contributed by atoms with E-state index in [-0.39, 0.29) is 22.5 Å². The predicted octanol–water partition coefficient (Wildman–Crippen LogP) is 2.14. The Balaban J connectivity index is 1.85. The number of halogens is 1. The SMILES string of the molecule is O=C1CCC2CN(c3cccc(Cl)c3C(=O)O)CCC2N1. The quantitative estimate of drug-likeness (QED) is 0.878. The molecule has 1 amide bonds. The Morgan fingerprint density at radius 1 is 1.38 bits per heavy atom. The molecule has 2 heterocycles. The topological polar surface area (TPSA) is 69.6 Å². The van der Waals surface area contributed by atoms with Crippen LogP contribution < -0.4 is 10.2 Å². The van der Waals surface area contributed by atoms with Gasteiger partial charge in [-0.05, 0) is 30.9 Å². The third-order valence-electron chi connectivity index (χ3n) is 4.37. The zero-order chi connectivity index (χ0) is 15.0. The van der Waals surface area contributed by atoms with Crippen molar-refractivity contribution in [3.05, 3.63) is 28.8 Å². The average molecular weight is 309 g/mol. The molecule has 2 unspecified atom stereocenters. The second kappa shape index (κ2) is 5.56. The maximum Gasteiger partial charge on any atom is 0.339 e. The summed E-state index contributed by atoms with van der Waals surface area (Å²) < 4.78 is 0. The predicted molar refractivity (Wildman–Crippen MR) is 79.9 cm³/mol. The van der Waals surface area contributed by atoms with E-state index in [2.05, 4.69) is 10.2 Å². The van der Waals surface area contributed by atoms with Gasteiger partial charge in [-0.2, -0.15) is 0 Å². The van der Waals surface area contributed by atoms with Crippen LogP contribution in [0.3, 0.4) is 0 Å². The van der Waals surface area contributed by atoms with Crippen LogP contribution in [0.25, 0.3) is 0 Å². The smallest absolute Gasteiger partial charge is 0.339 e. The lowest BCUT2D eigenvalue weighted by Crippen LogP contribution is -2.54. The van der Waals surface area contributed by atoms with Gasteiger partial charge in [-0.15, -0.1) is 0 Å². The number of carboxylic acid groups (broad SMARTS) is 1. The van der Waals surface area contributed by atoms with E-state index in [4.69, 9.17) is 11.6 Å². The van der Waals surface area contributed by atoms with E-state index in [1.807, 2.05) is 0 Å². The summed E-state index contributed by atoms with van der Waals surface area (Å²) in [6.07, 6.45) is 2.24. The van der Waals surface area contributed by atoms with E-state index in [9.17, 15) is 14.7 Å². The van der Waals surface area contributed by atoms with Crippen molar-refractivity contribution in [1.82, 2.24) is 5.32 Å². The molecule has 3 rings (SSSR count). The van der Waals surface area contributed by atoms with Crippen molar-refractivity contribution in [2.75, 3.05) is 18.0 Å². The van der Waals surface area contributed by atoms with E-state index in [0.717, 1.165) is 25.9 Å². The summed E-state index contributed by atoms with van der Waals surface area (Å²) in [5.41, 5.74) is 0.836. The fourth-order valence-electron chi connectivity index (χ4n) is 3.32. The Labute approximate surface area is 127 Å². The van der Waals surface area contributed by atoms with Gasteiger partial charge >= 0.3 is 5.97 Å². The van der Waals surface area contributed by atoms with Gasteiger partial charge in [-0.25, -0.2) is 4.79 Å². The van der Waals surface area contributed by atoms with Gasteiger partial charge in [0, 0.05) is 25.6 Å². The molecule has 2 aliphatic rings. The number of carboxylic acids is 1. The van der Waals surface area contributed by atoms with Crippen LogP contribution >= 0.6 is 11.6 Å². The van der Waals surface area contributed by atoms with Crippen LogP contribution in [0.5, 0.6) is 0 Å². The minimum atomic E-state index is -1.00. The van der Waals surface area contributed by atoms with Gasteiger partial charge in [0.25, 0.3) is 0 Å². The Kier molecular flexibility index (Phi) is 3.76. The largest absolute Gasteiger partial charge is 0.478 e. The van der Waals surface area contributed by atoms with Crippen molar-refractivity contribution in [3.8, 4) is 0 Å². The highest BCUT2D eigenvalue weighted by Crippen LogP contribution is 2.33. The highest BCUT2D eigenvalue weighted by Gasteiger charge is 2.34. The number of amides is 1. The Hall–Kier alpha value is -1.75. The summed E-state index contributed by atoms with van der Waals surface area (Å²) in [6.45, 7) is 1.48. The number of anilines is 1. The van der Waals surface area contributed by atoms with Crippen molar-refractivity contribution in [1.29, 1.82) is 0 Å². The summed E-state index contributed by atoms with van der Waals surface area (Å²) in [5.74, 6) is -0.509. The van der Waals surface area contributed by atoms with Gasteiger partial charge in [0.15, 0.2) is 0 Å². The fraction of sp³-hybridized carbons (Fsp3) is 0.467. The standard InChI is InChI=1S/C15H17ClN2O3/c16-10-2-1-3-12(14(10)15(20)21)18-7-6-11-9(8-18)4-5-13(19)17-11/h1-3,9,11H,4-8H2,(H,17,19)(H,20,21). The third-order valence-corrected chi connectivity index (χ3v) is 4.68. The lowest BCUT2D eigenvalue weighted by molar-refractivity contribution is -0.124. The lowest BCUT2D eigenvalue weighted by Gasteiger charge is -2.42. The first-order chi connectivity index (χ1) is 10.1. The second-order valence-corrected chi connectivity index (χ2v) is 6.05. The van der Waals surface area contributed by atoms with Crippen molar-refractivity contribution in [2.24, 2.45) is 5.92 Å². The van der Waals surface area contributed by atoms with Crippen LogP contribution in [0.15, 0.2) is 18.2 Å². The molecule has 0 aliphatic carbocycles. The van der Waals surface area contributed by atoms with Gasteiger partial charge in [-0.1, -0.05) is 17.7 Å². The number of rotatable bonds is 2. The van der Waals surface area contributed by atoms with Gasteiger partial charge in [0.1, 0.15) is 5.56 Å². The molecule has 5 nitrogen and oxygen atoms in total. The highest BCUT2D eigenvalue weighted by molar-refractivity contribution is 6.34. The number of carbonyl (C=O) groups excluding carboxylic acids is 1. The number of nitrogens with one attached hydrogen (secondary N) is 1. The molecular formula is C15H17ClN2O3. The molecule has 2 aliphatic heterocycles. The molecular weight excluding hydrogens is 292 g/mol.